The maximum Gasteiger partial charge on any atom is 0.276 e. The standard InChI is InChI=1S/C19H22N2O3/c1-2-5-15-12-16(20-24-15)18(22)21-11-10-19(13-21)9-8-14-6-3-4-7-17(14)23-19/h3-4,6-7,12H,2,5,8-11,13H2,1H3/t19-/m0/s1. The van der Waals surface area contributed by atoms with Gasteiger partial charge in [0.05, 0.1) is 6.54 Å². The monoisotopic (exact) mass is 326 g/mol. The molecular weight excluding hydrogens is 304 g/mol. The van der Waals surface area contributed by atoms with Gasteiger partial charge in [0, 0.05) is 25.5 Å². The number of amides is 1. The zero-order chi connectivity index (χ0) is 16.6. The Morgan fingerprint density at radius 2 is 2.21 bits per heavy atom. The van der Waals surface area contributed by atoms with Gasteiger partial charge >= 0.3 is 0 Å². The molecule has 0 bridgehead atoms. The number of carbonyl (C=O) groups is 1. The molecule has 0 radical (unpaired) electrons. The molecule has 0 saturated carbocycles. The van der Waals surface area contributed by atoms with Crippen LogP contribution in [0.5, 0.6) is 5.75 Å². The lowest BCUT2D eigenvalue weighted by Gasteiger charge is -2.35. The van der Waals surface area contributed by atoms with Crippen LogP contribution in [0.3, 0.4) is 0 Å². The van der Waals surface area contributed by atoms with Crippen molar-refractivity contribution in [3.05, 3.63) is 47.3 Å². The van der Waals surface area contributed by atoms with Gasteiger partial charge in [-0.25, -0.2) is 0 Å². The Labute approximate surface area is 141 Å². The molecule has 1 aromatic heterocycles. The maximum absolute atomic E-state index is 12.7. The van der Waals surface area contributed by atoms with E-state index in [0.29, 0.717) is 18.8 Å². The van der Waals surface area contributed by atoms with Gasteiger partial charge in [0.25, 0.3) is 5.91 Å². The molecule has 126 valence electrons. The second kappa shape index (κ2) is 5.96. The molecule has 1 atom stereocenters. The van der Waals surface area contributed by atoms with Gasteiger partial charge < -0.3 is 14.2 Å². The molecule has 3 heterocycles. The summed E-state index contributed by atoms with van der Waals surface area (Å²) in [4.78, 5) is 14.5. The van der Waals surface area contributed by atoms with Crippen LogP contribution in [0, 0.1) is 0 Å². The highest BCUT2D eigenvalue weighted by Crippen LogP contribution is 2.38. The zero-order valence-electron chi connectivity index (χ0n) is 14.0. The van der Waals surface area contributed by atoms with Crippen LogP contribution in [0.1, 0.15) is 48.0 Å². The predicted molar refractivity (Wildman–Crippen MR) is 89.1 cm³/mol. The van der Waals surface area contributed by atoms with E-state index in [-0.39, 0.29) is 11.5 Å². The Morgan fingerprint density at radius 1 is 1.33 bits per heavy atom. The summed E-state index contributed by atoms with van der Waals surface area (Å²) in [5, 5.41) is 3.94. The van der Waals surface area contributed by atoms with Gasteiger partial charge in [0.15, 0.2) is 5.69 Å². The van der Waals surface area contributed by atoms with Crippen molar-refractivity contribution in [3.63, 3.8) is 0 Å². The summed E-state index contributed by atoms with van der Waals surface area (Å²) in [5.41, 5.74) is 1.42. The molecule has 1 spiro atoms. The lowest BCUT2D eigenvalue weighted by atomic mass is 9.90. The molecular formula is C19H22N2O3. The largest absolute Gasteiger partial charge is 0.485 e. The van der Waals surface area contributed by atoms with Crippen molar-refractivity contribution in [1.82, 2.24) is 10.1 Å². The predicted octanol–water partition coefficient (Wildman–Crippen LogP) is 3.24. The minimum absolute atomic E-state index is 0.0552. The molecule has 0 N–H and O–H groups in total. The second-order valence-corrected chi connectivity index (χ2v) is 6.80. The van der Waals surface area contributed by atoms with E-state index in [4.69, 9.17) is 9.26 Å². The number of para-hydroxylation sites is 1. The molecule has 2 aliphatic heterocycles. The lowest BCUT2D eigenvalue weighted by Crippen LogP contribution is -2.43. The van der Waals surface area contributed by atoms with Crippen molar-refractivity contribution in [2.24, 2.45) is 0 Å². The normalized spacial score (nSPS) is 22.5. The number of carbonyl (C=O) groups excluding carboxylic acids is 1. The highest BCUT2D eigenvalue weighted by Gasteiger charge is 2.44. The molecule has 0 aliphatic carbocycles. The number of nitrogens with zero attached hydrogens (tertiary/aromatic N) is 2. The average Bonchev–Trinajstić information content (AvgIpc) is 3.22. The van der Waals surface area contributed by atoms with E-state index in [9.17, 15) is 4.79 Å². The van der Waals surface area contributed by atoms with Crippen molar-refractivity contribution < 1.29 is 14.1 Å². The van der Waals surface area contributed by atoms with E-state index >= 15 is 0 Å². The van der Waals surface area contributed by atoms with Crippen LogP contribution in [-0.4, -0.2) is 34.7 Å². The van der Waals surface area contributed by atoms with E-state index in [1.807, 2.05) is 23.1 Å². The number of benzene rings is 1. The SMILES string of the molecule is CCCc1cc(C(=O)N2CC[C@@]3(CCc4ccccc4O3)C2)no1. The molecule has 5 heteroatoms. The van der Waals surface area contributed by atoms with Crippen molar-refractivity contribution in [1.29, 1.82) is 0 Å². The van der Waals surface area contributed by atoms with Crippen molar-refractivity contribution in [2.75, 3.05) is 13.1 Å². The number of hydrogen-bond donors (Lipinski definition) is 0. The van der Waals surface area contributed by atoms with Crippen LogP contribution in [0.4, 0.5) is 0 Å². The van der Waals surface area contributed by atoms with Gasteiger partial charge in [-0.15, -0.1) is 0 Å². The van der Waals surface area contributed by atoms with Crippen LogP contribution in [0.15, 0.2) is 34.9 Å². The van der Waals surface area contributed by atoms with Crippen LogP contribution < -0.4 is 4.74 Å². The molecule has 5 nitrogen and oxygen atoms in total. The van der Waals surface area contributed by atoms with Crippen LogP contribution in [0.25, 0.3) is 0 Å². The highest BCUT2D eigenvalue weighted by molar-refractivity contribution is 5.92. The Kier molecular flexibility index (Phi) is 3.79. The number of hydrogen-bond acceptors (Lipinski definition) is 4. The van der Waals surface area contributed by atoms with Gasteiger partial charge in [0.2, 0.25) is 0 Å². The molecule has 2 aliphatic rings. The van der Waals surface area contributed by atoms with Crippen molar-refractivity contribution in [2.45, 2.75) is 44.6 Å². The first kappa shape index (κ1) is 15.2. The first-order valence-electron chi connectivity index (χ1n) is 8.71. The summed E-state index contributed by atoms with van der Waals surface area (Å²) in [6.45, 7) is 3.40. The fraction of sp³-hybridized carbons (Fsp3) is 0.474. The third-order valence-electron chi connectivity index (χ3n) is 5.03. The topological polar surface area (TPSA) is 55.6 Å². The van der Waals surface area contributed by atoms with Gasteiger partial charge in [-0.2, -0.15) is 0 Å². The van der Waals surface area contributed by atoms with E-state index in [2.05, 4.69) is 18.1 Å². The molecule has 1 fully saturated rings. The van der Waals surface area contributed by atoms with E-state index in [1.165, 1.54) is 5.56 Å². The minimum atomic E-state index is -0.250. The number of fused-ring (bicyclic) bond motifs is 1. The molecule has 0 unspecified atom stereocenters. The van der Waals surface area contributed by atoms with Gasteiger partial charge in [-0.1, -0.05) is 30.3 Å². The maximum atomic E-state index is 12.7. The van der Waals surface area contributed by atoms with Gasteiger partial charge in [-0.3, -0.25) is 4.79 Å². The fourth-order valence-corrected chi connectivity index (χ4v) is 3.70. The smallest absolute Gasteiger partial charge is 0.276 e. The lowest BCUT2D eigenvalue weighted by molar-refractivity contribution is 0.0481. The number of rotatable bonds is 3. The van der Waals surface area contributed by atoms with E-state index < -0.39 is 0 Å². The van der Waals surface area contributed by atoms with E-state index in [1.54, 1.807) is 6.07 Å². The van der Waals surface area contributed by atoms with Crippen LogP contribution >= 0.6 is 0 Å². The summed E-state index contributed by atoms with van der Waals surface area (Å²) in [6, 6.07) is 9.96. The average molecular weight is 326 g/mol. The number of aromatic nitrogens is 1. The molecule has 1 saturated heterocycles. The van der Waals surface area contributed by atoms with Crippen LogP contribution in [-0.2, 0) is 12.8 Å². The summed E-state index contributed by atoms with van der Waals surface area (Å²) >= 11 is 0. The Morgan fingerprint density at radius 3 is 3.08 bits per heavy atom. The number of likely N-dealkylation sites (tertiary alicyclic amines) is 1. The number of aryl methyl sites for hydroxylation is 2. The van der Waals surface area contributed by atoms with Crippen LogP contribution in [0.2, 0.25) is 0 Å². The summed E-state index contributed by atoms with van der Waals surface area (Å²) in [7, 11) is 0. The molecule has 24 heavy (non-hydrogen) atoms. The Hall–Kier alpha value is -2.30. The third-order valence-corrected chi connectivity index (χ3v) is 5.03. The highest BCUT2D eigenvalue weighted by atomic mass is 16.5. The second-order valence-electron chi connectivity index (χ2n) is 6.80. The summed E-state index contributed by atoms with van der Waals surface area (Å²) < 4.78 is 11.5. The third kappa shape index (κ3) is 2.68. The first-order chi connectivity index (χ1) is 11.7. The van der Waals surface area contributed by atoms with Gasteiger partial charge in [0.1, 0.15) is 17.1 Å². The summed E-state index contributed by atoms with van der Waals surface area (Å²) in [5.74, 6) is 1.68. The molecule has 1 amide bonds. The first-order valence-corrected chi connectivity index (χ1v) is 8.71. The quantitative estimate of drug-likeness (QED) is 0.869. The molecule has 2 aromatic rings. The Balaban J connectivity index is 1.47. The fourth-order valence-electron chi connectivity index (χ4n) is 3.70. The van der Waals surface area contributed by atoms with Crippen molar-refractivity contribution >= 4 is 5.91 Å². The zero-order valence-corrected chi connectivity index (χ0v) is 14.0. The Bertz CT molecular complexity index is 755. The van der Waals surface area contributed by atoms with Crippen molar-refractivity contribution in [3.8, 4) is 5.75 Å². The molecule has 4 rings (SSSR count). The van der Waals surface area contributed by atoms with E-state index in [0.717, 1.165) is 43.6 Å². The summed E-state index contributed by atoms with van der Waals surface area (Å²) in [6.07, 6.45) is 4.61. The molecule has 1 aromatic carbocycles. The minimum Gasteiger partial charge on any atom is -0.485 e. The number of ether oxygens (including phenoxy) is 1. The van der Waals surface area contributed by atoms with Gasteiger partial charge in [-0.05, 0) is 30.9 Å².